The lowest BCUT2D eigenvalue weighted by atomic mass is 9.89. The molecule has 6 nitrogen and oxygen atoms in total. The number of hydrogen-bond donors (Lipinski definition) is 0. The topological polar surface area (TPSA) is 66.9 Å². The first-order chi connectivity index (χ1) is 15.3. The lowest BCUT2D eigenvalue weighted by Crippen LogP contribution is -2.58. The second-order valence-electron chi connectivity index (χ2n) is 9.11. The summed E-state index contributed by atoms with van der Waals surface area (Å²) in [5, 5.41) is 0. The summed E-state index contributed by atoms with van der Waals surface area (Å²) in [5.74, 6) is 0.174. The van der Waals surface area contributed by atoms with Gasteiger partial charge in [-0.05, 0) is 42.5 Å². The minimum absolute atomic E-state index is 0.0859. The van der Waals surface area contributed by atoms with Gasteiger partial charge in [0.1, 0.15) is 0 Å². The number of likely N-dealkylation sites (tertiary alicyclic amines) is 1. The van der Waals surface area contributed by atoms with Gasteiger partial charge in [0.15, 0.2) is 9.84 Å². The number of hydrogen-bond acceptors (Lipinski definition) is 5. The van der Waals surface area contributed by atoms with Gasteiger partial charge in [-0.3, -0.25) is 4.79 Å². The molecule has 0 N–H and O–H groups in total. The van der Waals surface area contributed by atoms with E-state index in [1.54, 1.807) is 0 Å². The summed E-state index contributed by atoms with van der Waals surface area (Å²) in [4.78, 5) is 17.3. The highest BCUT2D eigenvalue weighted by Crippen LogP contribution is 2.31. The van der Waals surface area contributed by atoms with E-state index in [0.29, 0.717) is 19.7 Å². The quantitative estimate of drug-likeness (QED) is 0.669. The van der Waals surface area contributed by atoms with Crippen LogP contribution in [0.5, 0.6) is 0 Å². The Balaban J connectivity index is 1.29. The smallest absolute Gasteiger partial charge is 0.254 e. The van der Waals surface area contributed by atoms with Crippen molar-refractivity contribution in [1.82, 2.24) is 9.80 Å². The van der Waals surface area contributed by atoms with E-state index in [9.17, 15) is 13.2 Å². The van der Waals surface area contributed by atoms with Crippen LogP contribution in [0.1, 0.15) is 34.3 Å². The highest BCUT2D eigenvalue weighted by Gasteiger charge is 2.41. The molecule has 172 valence electrons. The highest BCUT2D eigenvalue weighted by molar-refractivity contribution is 7.89. The molecule has 2 fully saturated rings. The number of rotatable bonds is 6. The second kappa shape index (κ2) is 9.73. The van der Waals surface area contributed by atoms with Crippen molar-refractivity contribution < 1.29 is 17.9 Å². The van der Waals surface area contributed by atoms with E-state index in [0.717, 1.165) is 50.0 Å². The van der Waals surface area contributed by atoms with Gasteiger partial charge in [-0.2, -0.15) is 0 Å². The molecule has 0 aromatic heterocycles. The van der Waals surface area contributed by atoms with Crippen LogP contribution in [0.3, 0.4) is 0 Å². The predicted octanol–water partition coefficient (Wildman–Crippen LogP) is 2.78. The minimum Gasteiger partial charge on any atom is -0.371 e. The number of carbonyl (C=O) groups excluding carboxylic acids is 1. The molecule has 0 radical (unpaired) electrons. The molecular weight excluding hydrogens is 424 g/mol. The first-order valence-electron chi connectivity index (χ1n) is 11.3. The van der Waals surface area contributed by atoms with Gasteiger partial charge >= 0.3 is 0 Å². The molecule has 7 heteroatoms. The maximum Gasteiger partial charge on any atom is 0.254 e. The number of amides is 1. The molecule has 2 aromatic carbocycles. The van der Waals surface area contributed by atoms with Gasteiger partial charge in [0.05, 0.1) is 24.5 Å². The van der Waals surface area contributed by atoms with Crippen molar-refractivity contribution in [2.75, 3.05) is 45.6 Å². The number of morpholine rings is 1. The molecule has 32 heavy (non-hydrogen) atoms. The average molecular weight is 457 g/mol. The number of piperidine rings is 1. The third-order valence-corrected chi connectivity index (χ3v) is 7.32. The molecule has 2 aliphatic rings. The van der Waals surface area contributed by atoms with Gasteiger partial charge in [0.2, 0.25) is 0 Å². The van der Waals surface area contributed by atoms with Crippen molar-refractivity contribution in [1.29, 1.82) is 0 Å². The Labute approximate surface area is 191 Å². The van der Waals surface area contributed by atoms with Crippen molar-refractivity contribution >= 4 is 15.7 Å². The molecule has 1 spiro atoms. The Hall–Kier alpha value is -2.22. The van der Waals surface area contributed by atoms with Crippen LogP contribution in [-0.4, -0.2) is 75.3 Å². The van der Waals surface area contributed by atoms with Crippen molar-refractivity contribution in [3.05, 3.63) is 71.3 Å². The van der Waals surface area contributed by atoms with Crippen LogP contribution in [0, 0.1) is 0 Å². The first kappa shape index (κ1) is 23.0. The van der Waals surface area contributed by atoms with Crippen LogP contribution in [0.25, 0.3) is 0 Å². The summed E-state index contributed by atoms with van der Waals surface area (Å²) in [5.41, 5.74) is 2.51. The number of ether oxygens (including phenoxy) is 1. The van der Waals surface area contributed by atoms with Gasteiger partial charge in [-0.25, -0.2) is 8.42 Å². The molecule has 2 saturated heterocycles. The Morgan fingerprint density at radius 3 is 2.44 bits per heavy atom. The molecule has 2 aromatic rings. The second-order valence-corrected chi connectivity index (χ2v) is 11.2. The zero-order valence-corrected chi connectivity index (χ0v) is 19.5. The average Bonchev–Trinajstić information content (AvgIpc) is 2.78. The standard InChI is InChI=1S/C25H32N2O4S/c1-32(29,30)19-22-7-5-6-21(18-22)10-13-26-14-11-25(12-15-26)20-27(16-17-31-25)24(28)23-8-3-2-4-9-23/h2-9,18H,10-17,19-20H2,1H3. The fourth-order valence-corrected chi connectivity index (χ4v) is 5.52. The molecule has 0 atom stereocenters. The monoisotopic (exact) mass is 456 g/mol. The molecule has 2 heterocycles. The molecule has 0 unspecified atom stereocenters. The van der Waals surface area contributed by atoms with Gasteiger partial charge < -0.3 is 14.5 Å². The summed E-state index contributed by atoms with van der Waals surface area (Å²) in [7, 11) is -3.03. The van der Waals surface area contributed by atoms with Gasteiger partial charge in [-0.1, -0.05) is 42.5 Å². The van der Waals surface area contributed by atoms with E-state index in [1.807, 2.05) is 53.4 Å². The van der Waals surface area contributed by atoms with Crippen LogP contribution in [0.2, 0.25) is 0 Å². The van der Waals surface area contributed by atoms with Gasteiger partial charge in [0.25, 0.3) is 5.91 Å². The maximum absolute atomic E-state index is 12.9. The Bertz CT molecular complexity index is 1030. The summed E-state index contributed by atoms with van der Waals surface area (Å²) in [6.07, 6.45) is 3.99. The van der Waals surface area contributed by atoms with Crippen LogP contribution in [0.4, 0.5) is 0 Å². The molecule has 4 rings (SSSR count). The molecule has 0 saturated carbocycles. The van der Waals surface area contributed by atoms with E-state index >= 15 is 0 Å². The number of carbonyl (C=O) groups is 1. The predicted molar refractivity (Wildman–Crippen MR) is 125 cm³/mol. The van der Waals surface area contributed by atoms with Crippen molar-refractivity contribution in [3.63, 3.8) is 0 Å². The Morgan fingerprint density at radius 2 is 1.72 bits per heavy atom. The highest BCUT2D eigenvalue weighted by atomic mass is 32.2. The molecule has 0 bridgehead atoms. The largest absolute Gasteiger partial charge is 0.371 e. The molecule has 0 aliphatic carbocycles. The number of sulfone groups is 1. The minimum atomic E-state index is -3.03. The summed E-state index contributed by atoms with van der Waals surface area (Å²) in [6.45, 7) is 4.70. The van der Waals surface area contributed by atoms with Crippen molar-refractivity contribution in [2.45, 2.75) is 30.6 Å². The summed E-state index contributed by atoms with van der Waals surface area (Å²) in [6, 6.07) is 17.4. The lowest BCUT2D eigenvalue weighted by Gasteiger charge is -2.47. The Morgan fingerprint density at radius 1 is 1.00 bits per heavy atom. The molecule has 2 aliphatic heterocycles. The first-order valence-corrected chi connectivity index (χ1v) is 13.3. The van der Waals surface area contributed by atoms with E-state index in [2.05, 4.69) is 11.0 Å². The zero-order chi connectivity index (χ0) is 22.6. The fourth-order valence-electron chi connectivity index (χ4n) is 4.73. The number of benzene rings is 2. The van der Waals surface area contributed by atoms with Crippen LogP contribution < -0.4 is 0 Å². The lowest BCUT2D eigenvalue weighted by molar-refractivity contribution is -0.127. The zero-order valence-electron chi connectivity index (χ0n) is 18.7. The fraction of sp³-hybridized carbons (Fsp3) is 0.480. The van der Waals surface area contributed by atoms with Gasteiger partial charge in [0, 0.05) is 38.0 Å². The van der Waals surface area contributed by atoms with E-state index in [-0.39, 0.29) is 17.3 Å². The number of nitrogens with zero attached hydrogens (tertiary/aromatic N) is 2. The summed E-state index contributed by atoms with van der Waals surface area (Å²) < 4.78 is 29.4. The normalized spacial score (nSPS) is 19.2. The summed E-state index contributed by atoms with van der Waals surface area (Å²) >= 11 is 0. The van der Waals surface area contributed by atoms with E-state index in [1.165, 1.54) is 11.8 Å². The Kier molecular flexibility index (Phi) is 6.98. The third-order valence-electron chi connectivity index (χ3n) is 6.46. The van der Waals surface area contributed by atoms with E-state index < -0.39 is 9.84 Å². The van der Waals surface area contributed by atoms with Crippen LogP contribution in [-0.2, 0) is 26.7 Å². The molecular formula is C25H32N2O4S. The van der Waals surface area contributed by atoms with Crippen molar-refractivity contribution in [3.8, 4) is 0 Å². The van der Waals surface area contributed by atoms with Crippen molar-refractivity contribution in [2.24, 2.45) is 0 Å². The van der Waals surface area contributed by atoms with E-state index in [4.69, 9.17) is 4.74 Å². The maximum atomic E-state index is 12.9. The van der Waals surface area contributed by atoms with Gasteiger partial charge in [-0.15, -0.1) is 0 Å². The SMILES string of the molecule is CS(=O)(=O)Cc1cccc(CCN2CCC3(CC2)CN(C(=O)c2ccccc2)CCO3)c1. The third kappa shape index (κ3) is 5.97. The van der Waals surface area contributed by atoms with Crippen LogP contribution >= 0.6 is 0 Å². The molecule has 1 amide bonds. The van der Waals surface area contributed by atoms with Crippen LogP contribution in [0.15, 0.2) is 54.6 Å².